The number of nitriles is 1. The van der Waals surface area contributed by atoms with Crippen LogP contribution in [0.2, 0.25) is 0 Å². The molecule has 4 nitrogen and oxygen atoms in total. The number of nitrogens with zero attached hydrogens (tertiary/aromatic N) is 1. The number of carbonyl (C=O) groups is 1. The molecular weight excluding hydrogens is 365 g/mol. The van der Waals surface area contributed by atoms with Crippen molar-refractivity contribution >= 4 is 34.0 Å². The summed E-state index contributed by atoms with van der Waals surface area (Å²) in [6.45, 7) is 1.80. The minimum absolute atomic E-state index is 0.0826. The number of fused-ring (bicyclic) bond motifs is 1. The predicted octanol–water partition coefficient (Wildman–Crippen LogP) is 4.24. The summed E-state index contributed by atoms with van der Waals surface area (Å²) in [7, 11) is -1.08. The van der Waals surface area contributed by atoms with Gasteiger partial charge in [-0.1, -0.05) is 12.1 Å². The highest BCUT2D eigenvalue weighted by Gasteiger charge is 2.27. The number of carboxylic acids is 1. The fraction of sp³-hybridized carbons (Fsp3) is 0.143. The van der Waals surface area contributed by atoms with Crippen molar-refractivity contribution in [3.05, 3.63) is 70.0 Å². The zero-order valence-electron chi connectivity index (χ0n) is 14.7. The first-order valence-electron chi connectivity index (χ1n) is 8.13. The number of carboxylic acid groups (broad SMARTS) is 1. The molecule has 0 aliphatic heterocycles. The average molecular weight is 381 g/mol. The summed E-state index contributed by atoms with van der Waals surface area (Å²) in [6.07, 6.45) is 3.24. The molecule has 0 heterocycles. The fourth-order valence-electron chi connectivity index (χ4n) is 3.19. The quantitative estimate of drug-likeness (QED) is 0.859. The molecule has 0 fully saturated rings. The number of allylic oxidation sites excluding steroid dienone is 2. The Labute approximate surface area is 158 Å². The molecule has 0 amide bonds. The summed E-state index contributed by atoms with van der Waals surface area (Å²) in [5.41, 5.74) is 3.94. The van der Waals surface area contributed by atoms with Crippen molar-refractivity contribution in [1.82, 2.24) is 0 Å². The number of rotatable bonds is 4. The lowest BCUT2D eigenvalue weighted by Crippen LogP contribution is -1.98. The van der Waals surface area contributed by atoms with E-state index in [9.17, 15) is 18.5 Å². The van der Waals surface area contributed by atoms with Crippen LogP contribution in [-0.4, -0.2) is 21.5 Å². The van der Waals surface area contributed by atoms with E-state index in [1.54, 1.807) is 25.3 Å². The molecule has 0 saturated heterocycles. The van der Waals surface area contributed by atoms with Crippen LogP contribution in [0.4, 0.5) is 4.39 Å². The summed E-state index contributed by atoms with van der Waals surface area (Å²) in [5, 5.41) is 18.4. The molecule has 6 heteroatoms. The van der Waals surface area contributed by atoms with Crippen LogP contribution in [0, 0.1) is 17.1 Å². The van der Waals surface area contributed by atoms with Crippen LogP contribution in [0.1, 0.15) is 35.6 Å². The Balaban J connectivity index is 2.17. The van der Waals surface area contributed by atoms with E-state index in [1.165, 1.54) is 12.1 Å². The first-order chi connectivity index (χ1) is 12.8. The Morgan fingerprint density at radius 3 is 2.48 bits per heavy atom. The summed E-state index contributed by atoms with van der Waals surface area (Å²) >= 11 is 0. The highest BCUT2D eigenvalue weighted by Crippen LogP contribution is 2.44. The van der Waals surface area contributed by atoms with E-state index in [4.69, 9.17) is 5.26 Å². The number of halogens is 1. The van der Waals surface area contributed by atoms with Crippen molar-refractivity contribution in [1.29, 1.82) is 5.26 Å². The molecule has 0 saturated carbocycles. The van der Waals surface area contributed by atoms with Crippen molar-refractivity contribution in [3.8, 4) is 6.07 Å². The van der Waals surface area contributed by atoms with Gasteiger partial charge in [0.2, 0.25) is 0 Å². The Kier molecular flexibility index (Phi) is 5.06. The van der Waals surface area contributed by atoms with Gasteiger partial charge in [-0.25, -0.2) is 4.39 Å². The summed E-state index contributed by atoms with van der Waals surface area (Å²) in [4.78, 5) is 12.0. The standard InChI is InChI=1S/C21H16FNO3S/c1-12-16(7-13-3-5-15(6-4-13)27(2)26)18-8-14(11-23)20(22)9-19(18)17(12)10-21(24)25/h3-9H,10H2,1-2H3,(H,24,25). The lowest BCUT2D eigenvalue weighted by molar-refractivity contribution is -0.135. The van der Waals surface area contributed by atoms with Gasteiger partial charge in [0.05, 0.1) is 12.0 Å². The van der Waals surface area contributed by atoms with E-state index in [2.05, 4.69) is 0 Å². The molecule has 0 spiro atoms. The zero-order valence-corrected chi connectivity index (χ0v) is 15.6. The van der Waals surface area contributed by atoms with Gasteiger partial charge in [-0.15, -0.1) is 0 Å². The third-order valence-electron chi connectivity index (χ3n) is 4.55. The third kappa shape index (κ3) is 3.60. The molecule has 27 heavy (non-hydrogen) atoms. The van der Waals surface area contributed by atoms with Crippen LogP contribution in [0.25, 0.3) is 17.2 Å². The SMILES string of the molecule is CC1=C(CC(=O)O)c2cc(F)c(C#N)cc2C1=Cc1ccc(S(C)=O)cc1. The first kappa shape index (κ1) is 18.7. The van der Waals surface area contributed by atoms with E-state index in [-0.39, 0.29) is 12.0 Å². The second-order valence-corrected chi connectivity index (χ2v) is 7.62. The monoisotopic (exact) mass is 381 g/mol. The van der Waals surface area contributed by atoms with Crippen LogP contribution >= 0.6 is 0 Å². The third-order valence-corrected chi connectivity index (χ3v) is 5.49. The van der Waals surface area contributed by atoms with Gasteiger partial charge in [0.25, 0.3) is 0 Å². The maximum atomic E-state index is 14.1. The topological polar surface area (TPSA) is 78.2 Å². The van der Waals surface area contributed by atoms with Gasteiger partial charge >= 0.3 is 5.97 Å². The summed E-state index contributed by atoms with van der Waals surface area (Å²) < 4.78 is 25.6. The smallest absolute Gasteiger partial charge is 0.307 e. The van der Waals surface area contributed by atoms with Crippen molar-refractivity contribution in [2.45, 2.75) is 18.2 Å². The van der Waals surface area contributed by atoms with Crippen LogP contribution in [0.15, 0.2) is 46.9 Å². The lowest BCUT2D eigenvalue weighted by atomic mass is 9.98. The van der Waals surface area contributed by atoms with Gasteiger partial charge in [-0.2, -0.15) is 5.26 Å². The number of benzene rings is 2. The van der Waals surface area contributed by atoms with Crippen LogP contribution in [0.5, 0.6) is 0 Å². The average Bonchev–Trinajstić information content (AvgIpc) is 2.86. The molecule has 1 atom stereocenters. The Morgan fingerprint density at radius 1 is 1.26 bits per heavy atom. The highest BCUT2D eigenvalue weighted by atomic mass is 32.2. The van der Waals surface area contributed by atoms with Gasteiger partial charge in [0.1, 0.15) is 11.9 Å². The van der Waals surface area contributed by atoms with E-state index in [0.717, 1.165) is 16.7 Å². The molecule has 0 aromatic heterocycles. The fourth-order valence-corrected chi connectivity index (χ4v) is 3.70. The van der Waals surface area contributed by atoms with Crippen molar-refractivity contribution in [2.75, 3.05) is 6.26 Å². The number of hydrogen-bond donors (Lipinski definition) is 1. The number of hydrogen-bond acceptors (Lipinski definition) is 3. The van der Waals surface area contributed by atoms with Gasteiger partial charge < -0.3 is 5.11 Å². The van der Waals surface area contributed by atoms with E-state index in [1.807, 2.05) is 24.3 Å². The van der Waals surface area contributed by atoms with Gasteiger partial charge in [0.15, 0.2) is 0 Å². The minimum Gasteiger partial charge on any atom is -0.481 e. The van der Waals surface area contributed by atoms with Crippen LogP contribution in [0.3, 0.4) is 0 Å². The van der Waals surface area contributed by atoms with E-state index in [0.29, 0.717) is 21.6 Å². The Hall–Kier alpha value is -3.04. The lowest BCUT2D eigenvalue weighted by Gasteiger charge is -2.06. The maximum absolute atomic E-state index is 14.1. The van der Waals surface area contributed by atoms with Crippen molar-refractivity contribution in [3.63, 3.8) is 0 Å². The second-order valence-electron chi connectivity index (χ2n) is 6.24. The minimum atomic E-state index is -1.08. The molecule has 136 valence electrons. The highest BCUT2D eigenvalue weighted by molar-refractivity contribution is 7.84. The van der Waals surface area contributed by atoms with Gasteiger partial charge in [-0.3, -0.25) is 9.00 Å². The Morgan fingerprint density at radius 2 is 1.93 bits per heavy atom. The van der Waals surface area contributed by atoms with Crippen LogP contribution in [-0.2, 0) is 15.6 Å². The predicted molar refractivity (Wildman–Crippen MR) is 103 cm³/mol. The maximum Gasteiger partial charge on any atom is 0.307 e. The van der Waals surface area contributed by atoms with Crippen molar-refractivity contribution < 1.29 is 18.5 Å². The first-order valence-corrected chi connectivity index (χ1v) is 9.69. The summed E-state index contributed by atoms with van der Waals surface area (Å²) in [6, 6.07) is 11.7. The van der Waals surface area contributed by atoms with E-state index >= 15 is 0 Å². The van der Waals surface area contributed by atoms with Gasteiger partial charge in [0, 0.05) is 22.0 Å². The molecule has 0 bridgehead atoms. The molecule has 2 aromatic rings. The van der Waals surface area contributed by atoms with E-state index < -0.39 is 22.6 Å². The normalized spacial score (nSPS) is 15.6. The zero-order chi connectivity index (χ0) is 19.7. The molecule has 3 rings (SSSR count). The van der Waals surface area contributed by atoms with Crippen LogP contribution < -0.4 is 0 Å². The molecule has 2 aromatic carbocycles. The molecule has 0 radical (unpaired) electrons. The molecule has 1 aliphatic rings. The molecule has 1 unspecified atom stereocenters. The summed E-state index contributed by atoms with van der Waals surface area (Å²) in [5.74, 6) is -1.67. The Bertz CT molecular complexity index is 1080. The van der Waals surface area contributed by atoms with Gasteiger partial charge in [-0.05, 0) is 70.7 Å². The number of aliphatic carboxylic acids is 1. The van der Waals surface area contributed by atoms with Crippen molar-refractivity contribution in [2.24, 2.45) is 0 Å². The molecule has 1 aliphatic carbocycles. The molecule has 1 N–H and O–H groups in total. The largest absolute Gasteiger partial charge is 0.481 e. The second kappa shape index (κ2) is 7.29. The molecular formula is C21H16FNO3S.